The largest absolute Gasteiger partial charge is 0.478 e. The molecule has 3 N–H and O–H groups in total. The molecule has 0 aliphatic heterocycles. The molecule has 0 bridgehead atoms. The normalized spacial score (nSPS) is 9.81. The molecule has 16 heavy (non-hydrogen) atoms. The summed E-state index contributed by atoms with van der Waals surface area (Å²) in [5.41, 5.74) is -0.191. The number of carboxylic acids is 1. The van der Waals surface area contributed by atoms with Crippen molar-refractivity contribution in [3.63, 3.8) is 0 Å². The van der Waals surface area contributed by atoms with Crippen molar-refractivity contribution in [2.24, 2.45) is 0 Å². The molecule has 0 saturated heterocycles. The average Bonchev–Trinajstić information content (AvgIpc) is 2.25. The molecule has 0 amide bonds. The van der Waals surface area contributed by atoms with Crippen LogP contribution in [-0.2, 0) is 0 Å². The number of aliphatic hydroxyl groups excluding tert-OH is 1. The van der Waals surface area contributed by atoms with Gasteiger partial charge >= 0.3 is 5.97 Å². The molecule has 7 nitrogen and oxygen atoms in total. The number of aromatic carboxylic acids is 1. The van der Waals surface area contributed by atoms with Gasteiger partial charge in [-0.2, -0.15) is 0 Å². The lowest BCUT2D eigenvalue weighted by atomic mass is 10.1. The van der Waals surface area contributed by atoms with E-state index in [-0.39, 0.29) is 30.1 Å². The van der Waals surface area contributed by atoms with E-state index < -0.39 is 10.9 Å². The third-order valence-electron chi connectivity index (χ3n) is 1.87. The zero-order valence-electron chi connectivity index (χ0n) is 8.21. The summed E-state index contributed by atoms with van der Waals surface area (Å²) in [6, 6.07) is 3.43. The predicted molar refractivity (Wildman–Crippen MR) is 55.6 cm³/mol. The molecule has 86 valence electrons. The zero-order chi connectivity index (χ0) is 12.1. The summed E-state index contributed by atoms with van der Waals surface area (Å²) in [5.74, 6) is -1.16. The molecule has 0 saturated carbocycles. The second-order valence-electron chi connectivity index (χ2n) is 2.94. The monoisotopic (exact) mass is 226 g/mol. The number of carbonyl (C=O) groups is 1. The third kappa shape index (κ3) is 2.67. The number of nitrogens with zero attached hydrogens (tertiary/aromatic N) is 1. The minimum atomic E-state index is -1.16. The highest BCUT2D eigenvalue weighted by atomic mass is 16.6. The summed E-state index contributed by atoms with van der Waals surface area (Å²) in [7, 11) is 0. The summed E-state index contributed by atoms with van der Waals surface area (Å²) < 4.78 is 0. The van der Waals surface area contributed by atoms with Crippen LogP contribution in [0.3, 0.4) is 0 Å². The highest BCUT2D eigenvalue weighted by molar-refractivity contribution is 5.90. The molecule has 1 rings (SSSR count). The lowest BCUT2D eigenvalue weighted by Crippen LogP contribution is -2.08. The Bertz CT molecular complexity index is 418. The SMILES string of the molecule is O=C(O)c1ccc([N+](=O)[O-])c(NCCO)c1. The molecule has 1 aromatic rings. The van der Waals surface area contributed by atoms with Gasteiger partial charge in [0.1, 0.15) is 5.69 Å². The highest BCUT2D eigenvalue weighted by Crippen LogP contribution is 2.25. The van der Waals surface area contributed by atoms with E-state index >= 15 is 0 Å². The van der Waals surface area contributed by atoms with Crippen molar-refractivity contribution in [1.29, 1.82) is 0 Å². The summed E-state index contributed by atoms with van der Waals surface area (Å²) in [6.07, 6.45) is 0. The second-order valence-corrected chi connectivity index (χ2v) is 2.94. The van der Waals surface area contributed by atoms with Crippen molar-refractivity contribution < 1.29 is 19.9 Å². The number of nitro benzene ring substituents is 1. The van der Waals surface area contributed by atoms with Gasteiger partial charge in [-0.1, -0.05) is 0 Å². The Morgan fingerprint density at radius 3 is 2.69 bits per heavy atom. The number of rotatable bonds is 5. The Balaban J connectivity index is 3.10. The molecule has 0 aromatic heterocycles. The van der Waals surface area contributed by atoms with Crippen LogP contribution in [0.2, 0.25) is 0 Å². The molecule has 7 heteroatoms. The Labute approximate surface area is 90.5 Å². The van der Waals surface area contributed by atoms with Gasteiger partial charge in [-0.05, 0) is 12.1 Å². The molecule has 0 atom stereocenters. The van der Waals surface area contributed by atoms with Crippen LogP contribution in [0.15, 0.2) is 18.2 Å². The van der Waals surface area contributed by atoms with Gasteiger partial charge in [-0.15, -0.1) is 0 Å². The first-order chi connectivity index (χ1) is 7.56. The molecule has 0 aliphatic carbocycles. The minimum Gasteiger partial charge on any atom is -0.478 e. The van der Waals surface area contributed by atoms with E-state index in [1.54, 1.807) is 0 Å². The Kier molecular flexibility index (Phi) is 3.78. The quantitative estimate of drug-likeness (QED) is 0.503. The number of benzene rings is 1. The summed E-state index contributed by atoms with van der Waals surface area (Å²) in [6.45, 7) is -0.0850. The van der Waals surface area contributed by atoms with Gasteiger partial charge in [0.15, 0.2) is 0 Å². The fourth-order valence-corrected chi connectivity index (χ4v) is 1.16. The molecule has 0 fully saturated rings. The van der Waals surface area contributed by atoms with E-state index in [2.05, 4.69) is 5.32 Å². The van der Waals surface area contributed by atoms with Crippen LogP contribution in [0.5, 0.6) is 0 Å². The first-order valence-electron chi connectivity index (χ1n) is 4.42. The summed E-state index contributed by atoms with van der Waals surface area (Å²) in [5, 5.41) is 30.5. The highest BCUT2D eigenvalue weighted by Gasteiger charge is 2.15. The van der Waals surface area contributed by atoms with Crippen molar-refractivity contribution in [3.8, 4) is 0 Å². The maximum atomic E-state index is 10.7. The van der Waals surface area contributed by atoms with Gasteiger partial charge in [0, 0.05) is 12.6 Å². The summed E-state index contributed by atoms with van der Waals surface area (Å²) in [4.78, 5) is 20.7. The van der Waals surface area contributed by atoms with Crippen molar-refractivity contribution in [2.75, 3.05) is 18.5 Å². The lowest BCUT2D eigenvalue weighted by molar-refractivity contribution is -0.384. The van der Waals surface area contributed by atoms with Crippen LogP contribution < -0.4 is 5.32 Å². The Morgan fingerprint density at radius 2 is 2.19 bits per heavy atom. The van der Waals surface area contributed by atoms with Crippen LogP contribution in [0.25, 0.3) is 0 Å². The number of carboxylic acid groups (broad SMARTS) is 1. The molecule has 1 aromatic carbocycles. The van der Waals surface area contributed by atoms with Crippen LogP contribution in [0, 0.1) is 10.1 Å². The first kappa shape index (κ1) is 11.9. The first-order valence-corrected chi connectivity index (χ1v) is 4.42. The number of nitro groups is 1. The van der Waals surface area contributed by atoms with Gasteiger partial charge in [-0.25, -0.2) is 4.79 Å². The van der Waals surface area contributed by atoms with Gasteiger partial charge in [0.25, 0.3) is 5.69 Å². The van der Waals surface area contributed by atoms with Crippen LogP contribution in [0.4, 0.5) is 11.4 Å². The van der Waals surface area contributed by atoms with Crippen molar-refractivity contribution in [2.45, 2.75) is 0 Å². The zero-order valence-corrected chi connectivity index (χ0v) is 8.21. The van der Waals surface area contributed by atoms with Gasteiger partial charge in [0.05, 0.1) is 17.1 Å². The smallest absolute Gasteiger partial charge is 0.335 e. The number of nitrogens with one attached hydrogen (secondary N) is 1. The molecule has 0 unspecified atom stereocenters. The van der Waals surface area contributed by atoms with Crippen LogP contribution in [0.1, 0.15) is 10.4 Å². The molecule has 0 heterocycles. The lowest BCUT2D eigenvalue weighted by Gasteiger charge is -2.06. The molecule has 0 radical (unpaired) electrons. The van der Waals surface area contributed by atoms with E-state index in [1.807, 2.05) is 0 Å². The predicted octanol–water partition coefficient (Wildman–Crippen LogP) is 0.697. The topological polar surface area (TPSA) is 113 Å². The van der Waals surface area contributed by atoms with E-state index in [9.17, 15) is 14.9 Å². The van der Waals surface area contributed by atoms with Crippen molar-refractivity contribution in [1.82, 2.24) is 0 Å². The maximum Gasteiger partial charge on any atom is 0.335 e. The fraction of sp³-hybridized carbons (Fsp3) is 0.222. The van der Waals surface area contributed by atoms with Crippen LogP contribution in [-0.4, -0.2) is 34.3 Å². The molecular weight excluding hydrogens is 216 g/mol. The number of hydrogen-bond acceptors (Lipinski definition) is 5. The molecular formula is C9H10N2O5. The number of aliphatic hydroxyl groups is 1. The number of hydrogen-bond donors (Lipinski definition) is 3. The fourth-order valence-electron chi connectivity index (χ4n) is 1.16. The van der Waals surface area contributed by atoms with Crippen molar-refractivity contribution >= 4 is 17.3 Å². The van der Waals surface area contributed by atoms with Gasteiger partial charge in [-0.3, -0.25) is 10.1 Å². The minimum absolute atomic E-state index is 0.0500. The van der Waals surface area contributed by atoms with E-state index in [4.69, 9.17) is 10.2 Å². The number of anilines is 1. The Hall–Kier alpha value is -2.15. The van der Waals surface area contributed by atoms with E-state index in [0.29, 0.717) is 0 Å². The van der Waals surface area contributed by atoms with Crippen molar-refractivity contribution in [3.05, 3.63) is 33.9 Å². The van der Waals surface area contributed by atoms with E-state index in [0.717, 1.165) is 18.2 Å². The van der Waals surface area contributed by atoms with E-state index in [1.165, 1.54) is 0 Å². The second kappa shape index (κ2) is 5.08. The summed E-state index contributed by atoms with van der Waals surface area (Å²) >= 11 is 0. The van der Waals surface area contributed by atoms with Gasteiger partial charge < -0.3 is 15.5 Å². The maximum absolute atomic E-state index is 10.7. The average molecular weight is 226 g/mol. The molecule has 0 aliphatic rings. The third-order valence-corrected chi connectivity index (χ3v) is 1.87. The van der Waals surface area contributed by atoms with Crippen LogP contribution >= 0.6 is 0 Å². The van der Waals surface area contributed by atoms with Gasteiger partial charge in [0.2, 0.25) is 0 Å². The molecule has 0 spiro atoms. The Morgan fingerprint density at radius 1 is 1.50 bits per heavy atom. The standard InChI is InChI=1S/C9H10N2O5/c12-4-3-10-7-5-6(9(13)14)1-2-8(7)11(15)16/h1-2,5,10,12H,3-4H2,(H,13,14).